The SMILES string of the molecule is Cc1c(C(=O)NCCN2CCCCCC2)oc2ccc(F)cc12. The van der Waals surface area contributed by atoms with Crippen molar-refractivity contribution < 1.29 is 13.6 Å². The molecule has 124 valence electrons. The summed E-state index contributed by atoms with van der Waals surface area (Å²) >= 11 is 0. The Morgan fingerprint density at radius 1 is 1.26 bits per heavy atom. The minimum Gasteiger partial charge on any atom is -0.451 e. The summed E-state index contributed by atoms with van der Waals surface area (Å²) in [7, 11) is 0. The van der Waals surface area contributed by atoms with Crippen molar-refractivity contribution in [1.82, 2.24) is 10.2 Å². The van der Waals surface area contributed by atoms with Crippen molar-refractivity contribution in [2.75, 3.05) is 26.2 Å². The second-order valence-corrected chi connectivity index (χ2v) is 6.21. The zero-order valence-corrected chi connectivity index (χ0v) is 13.5. The summed E-state index contributed by atoms with van der Waals surface area (Å²) in [5.74, 6) is -0.273. The number of rotatable bonds is 4. The molecule has 0 spiro atoms. The van der Waals surface area contributed by atoms with Crippen LogP contribution >= 0.6 is 0 Å². The number of furan rings is 1. The van der Waals surface area contributed by atoms with E-state index >= 15 is 0 Å². The lowest BCUT2D eigenvalue weighted by atomic mass is 10.1. The Bertz CT molecular complexity index is 688. The zero-order valence-electron chi connectivity index (χ0n) is 13.5. The number of nitrogens with zero attached hydrogens (tertiary/aromatic N) is 1. The summed E-state index contributed by atoms with van der Waals surface area (Å²) in [5, 5.41) is 3.57. The number of likely N-dealkylation sites (tertiary alicyclic amines) is 1. The molecule has 2 heterocycles. The number of carbonyl (C=O) groups excluding carboxylic acids is 1. The third-order valence-corrected chi connectivity index (χ3v) is 4.52. The fourth-order valence-corrected chi connectivity index (χ4v) is 3.18. The van der Waals surface area contributed by atoms with E-state index < -0.39 is 0 Å². The number of hydrogen-bond acceptors (Lipinski definition) is 3. The van der Waals surface area contributed by atoms with Crippen molar-refractivity contribution in [2.45, 2.75) is 32.6 Å². The molecule has 1 saturated heterocycles. The van der Waals surface area contributed by atoms with E-state index in [1.165, 1.54) is 37.8 Å². The monoisotopic (exact) mass is 318 g/mol. The summed E-state index contributed by atoms with van der Waals surface area (Å²) in [6.45, 7) is 5.47. The third-order valence-electron chi connectivity index (χ3n) is 4.52. The Balaban J connectivity index is 1.61. The highest BCUT2D eigenvalue weighted by Gasteiger charge is 2.18. The first-order valence-corrected chi connectivity index (χ1v) is 8.34. The molecule has 3 rings (SSSR count). The first-order chi connectivity index (χ1) is 11.1. The molecule has 0 aliphatic carbocycles. The summed E-state index contributed by atoms with van der Waals surface area (Å²) < 4.78 is 18.9. The van der Waals surface area contributed by atoms with Gasteiger partial charge in [-0.1, -0.05) is 12.8 Å². The van der Waals surface area contributed by atoms with Crippen molar-refractivity contribution in [3.05, 3.63) is 35.3 Å². The van der Waals surface area contributed by atoms with Gasteiger partial charge in [0.15, 0.2) is 5.76 Å². The standard InChI is InChI=1S/C18H23FN2O2/c1-13-15-12-14(19)6-7-16(15)23-17(13)18(22)20-8-11-21-9-4-2-3-5-10-21/h6-7,12H,2-5,8-11H2,1H3,(H,20,22). The predicted octanol–water partition coefficient (Wildman–Crippen LogP) is 3.49. The Morgan fingerprint density at radius 3 is 2.74 bits per heavy atom. The molecular formula is C18H23FN2O2. The van der Waals surface area contributed by atoms with Gasteiger partial charge in [-0.3, -0.25) is 4.79 Å². The molecule has 0 bridgehead atoms. The molecule has 0 saturated carbocycles. The molecule has 1 aromatic heterocycles. The maximum Gasteiger partial charge on any atom is 0.287 e. The fourth-order valence-electron chi connectivity index (χ4n) is 3.18. The molecule has 1 aromatic carbocycles. The van der Waals surface area contributed by atoms with Gasteiger partial charge in [0.1, 0.15) is 11.4 Å². The van der Waals surface area contributed by atoms with Crippen molar-refractivity contribution in [2.24, 2.45) is 0 Å². The summed E-state index contributed by atoms with van der Waals surface area (Å²) in [5.41, 5.74) is 1.23. The van der Waals surface area contributed by atoms with Gasteiger partial charge >= 0.3 is 0 Å². The van der Waals surface area contributed by atoms with Crippen LogP contribution in [0, 0.1) is 12.7 Å². The second-order valence-electron chi connectivity index (χ2n) is 6.21. The van der Waals surface area contributed by atoms with E-state index in [2.05, 4.69) is 10.2 Å². The van der Waals surface area contributed by atoms with Gasteiger partial charge in [0, 0.05) is 24.0 Å². The van der Waals surface area contributed by atoms with Gasteiger partial charge < -0.3 is 14.6 Å². The van der Waals surface area contributed by atoms with Crippen LogP contribution in [0.5, 0.6) is 0 Å². The summed E-state index contributed by atoms with van der Waals surface area (Å²) in [6, 6.07) is 4.31. The van der Waals surface area contributed by atoms with Crippen LogP contribution in [0.4, 0.5) is 4.39 Å². The van der Waals surface area contributed by atoms with E-state index in [4.69, 9.17) is 4.42 Å². The lowest BCUT2D eigenvalue weighted by Crippen LogP contribution is -2.35. The molecule has 0 atom stereocenters. The van der Waals surface area contributed by atoms with Gasteiger partial charge in [-0.2, -0.15) is 0 Å². The van der Waals surface area contributed by atoms with Crippen LogP contribution in [0.2, 0.25) is 0 Å². The number of fused-ring (bicyclic) bond motifs is 1. The van der Waals surface area contributed by atoms with Crippen molar-refractivity contribution in [3.8, 4) is 0 Å². The topological polar surface area (TPSA) is 45.5 Å². The first-order valence-electron chi connectivity index (χ1n) is 8.34. The molecule has 1 N–H and O–H groups in total. The van der Waals surface area contributed by atoms with E-state index in [9.17, 15) is 9.18 Å². The highest BCUT2D eigenvalue weighted by molar-refractivity contribution is 5.98. The van der Waals surface area contributed by atoms with Crippen molar-refractivity contribution >= 4 is 16.9 Å². The van der Waals surface area contributed by atoms with Crippen LogP contribution in [-0.2, 0) is 0 Å². The molecular weight excluding hydrogens is 295 g/mol. The van der Waals surface area contributed by atoms with Gasteiger partial charge in [-0.15, -0.1) is 0 Å². The van der Waals surface area contributed by atoms with E-state index in [-0.39, 0.29) is 17.5 Å². The van der Waals surface area contributed by atoms with Gasteiger partial charge in [0.2, 0.25) is 0 Å². The molecule has 0 radical (unpaired) electrons. The highest BCUT2D eigenvalue weighted by atomic mass is 19.1. The normalized spacial score (nSPS) is 16.4. The number of amides is 1. The number of hydrogen-bond donors (Lipinski definition) is 1. The predicted molar refractivity (Wildman–Crippen MR) is 88.2 cm³/mol. The maximum atomic E-state index is 13.3. The van der Waals surface area contributed by atoms with Crippen molar-refractivity contribution in [1.29, 1.82) is 0 Å². The van der Waals surface area contributed by atoms with Gasteiger partial charge in [-0.25, -0.2) is 4.39 Å². The first kappa shape index (κ1) is 16.0. The quantitative estimate of drug-likeness (QED) is 0.938. The number of benzene rings is 1. The number of aryl methyl sites for hydroxylation is 1. The van der Waals surface area contributed by atoms with E-state index in [0.29, 0.717) is 23.1 Å². The highest BCUT2D eigenvalue weighted by Crippen LogP contribution is 2.25. The van der Waals surface area contributed by atoms with Crippen LogP contribution in [0.3, 0.4) is 0 Å². The van der Waals surface area contributed by atoms with Gasteiger partial charge in [0.25, 0.3) is 5.91 Å². The van der Waals surface area contributed by atoms with Crippen molar-refractivity contribution in [3.63, 3.8) is 0 Å². The minimum atomic E-state index is -0.325. The molecule has 4 nitrogen and oxygen atoms in total. The lowest BCUT2D eigenvalue weighted by Gasteiger charge is -2.19. The third kappa shape index (κ3) is 3.72. The van der Waals surface area contributed by atoms with Crippen LogP contribution in [0.15, 0.2) is 22.6 Å². The lowest BCUT2D eigenvalue weighted by molar-refractivity contribution is 0.0922. The number of halogens is 1. The Morgan fingerprint density at radius 2 is 2.00 bits per heavy atom. The molecule has 1 aliphatic rings. The zero-order chi connectivity index (χ0) is 16.2. The Labute approximate surface area is 135 Å². The van der Waals surface area contributed by atoms with Crippen LogP contribution in [0.1, 0.15) is 41.8 Å². The number of nitrogens with one attached hydrogen (secondary N) is 1. The summed E-state index contributed by atoms with van der Waals surface area (Å²) in [4.78, 5) is 14.7. The molecule has 5 heteroatoms. The molecule has 2 aromatic rings. The largest absolute Gasteiger partial charge is 0.451 e. The maximum absolute atomic E-state index is 13.3. The van der Waals surface area contributed by atoms with Crippen LogP contribution in [-0.4, -0.2) is 37.0 Å². The van der Waals surface area contributed by atoms with Crippen LogP contribution in [0.25, 0.3) is 11.0 Å². The summed E-state index contributed by atoms with van der Waals surface area (Å²) in [6.07, 6.45) is 5.08. The fraction of sp³-hybridized carbons (Fsp3) is 0.500. The molecule has 23 heavy (non-hydrogen) atoms. The average Bonchev–Trinajstić information content (AvgIpc) is 2.72. The molecule has 1 aliphatic heterocycles. The number of carbonyl (C=O) groups is 1. The average molecular weight is 318 g/mol. The molecule has 0 unspecified atom stereocenters. The minimum absolute atomic E-state index is 0.228. The molecule has 1 fully saturated rings. The Kier molecular flexibility index (Phi) is 4.96. The van der Waals surface area contributed by atoms with E-state index in [1.807, 2.05) is 0 Å². The van der Waals surface area contributed by atoms with Gasteiger partial charge in [0.05, 0.1) is 0 Å². The van der Waals surface area contributed by atoms with Gasteiger partial charge in [-0.05, 0) is 51.1 Å². The Hall–Kier alpha value is -1.88. The smallest absolute Gasteiger partial charge is 0.287 e. The van der Waals surface area contributed by atoms with Crippen LogP contribution < -0.4 is 5.32 Å². The molecule has 1 amide bonds. The van der Waals surface area contributed by atoms with E-state index in [0.717, 1.165) is 19.6 Å². The second kappa shape index (κ2) is 7.13. The van der Waals surface area contributed by atoms with E-state index in [1.54, 1.807) is 13.0 Å².